The van der Waals surface area contributed by atoms with Crippen molar-refractivity contribution in [2.45, 2.75) is 0 Å². The molecule has 0 radical (unpaired) electrons. The summed E-state index contributed by atoms with van der Waals surface area (Å²) in [5.74, 6) is 1.78. The zero-order valence-electron chi connectivity index (χ0n) is 22.6. The summed E-state index contributed by atoms with van der Waals surface area (Å²) in [6.07, 6.45) is 0. The van der Waals surface area contributed by atoms with E-state index in [1.165, 1.54) is 16.2 Å². The second-order valence-electron chi connectivity index (χ2n) is 10.3. The summed E-state index contributed by atoms with van der Waals surface area (Å²) in [6, 6.07) is 49.9. The molecular weight excluding hydrogens is 512 g/mol. The minimum atomic E-state index is 0.541. The van der Waals surface area contributed by atoms with Crippen LogP contribution in [0.15, 0.2) is 146 Å². The highest BCUT2D eigenvalue weighted by Gasteiger charge is 2.18. The van der Waals surface area contributed by atoms with Gasteiger partial charge in [0.05, 0.1) is 5.69 Å². The highest BCUT2D eigenvalue weighted by molar-refractivity contribution is 6.15. The number of hydrogen-bond donors (Lipinski definition) is 0. The number of aromatic nitrogens is 4. The Bertz CT molecular complexity index is 2190. The summed E-state index contributed by atoms with van der Waals surface area (Å²) in [7, 11) is 0. The number of pyridine rings is 1. The van der Waals surface area contributed by atoms with E-state index in [-0.39, 0.29) is 0 Å². The Kier molecular flexibility index (Phi) is 5.75. The third-order valence-corrected chi connectivity index (χ3v) is 7.69. The van der Waals surface area contributed by atoms with Gasteiger partial charge in [-0.2, -0.15) is 0 Å². The first-order valence-electron chi connectivity index (χ1n) is 14.0. The van der Waals surface area contributed by atoms with Crippen molar-refractivity contribution >= 4 is 32.3 Å². The quantitative estimate of drug-likeness (QED) is 0.210. The van der Waals surface area contributed by atoms with E-state index in [1.807, 2.05) is 60.7 Å². The lowest BCUT2D eigenvalue weighted by Crippen LogP contribution is -2.02. The molecule has 4 nitrogen and oxygen atoms in total. The van der Waals surface area contributed by atoms with Gasteiger partial charge in [-0.05, 0) is 39.1 Å². The lowest BCUT2D eigenvalue weighted by molar-refractivity contribution is 1.06. The Morgan fingerprint density at radius 1 is 0.333 bits per heavy atom. The van der Waals surface area contributed by atoms with Crippen LogP contribution in [0, 0.1) is 0 Å². The molecule has 0 atom stereocenters. The summed E-state index contributed by atoms with van der Waals surface area (Å²) >= 11 is 0. The largest absolute Gasteiger partial charge is 0.244 e. The normalized spacial score (nSPS) is 11.3. The van der Waals surface area contributed by atoms with E-state index < -0.39 is 0 Å². The molecule has 0 bridgehead atoms. The Labute approximate surface area is 243 Å². The molecule has 8 aromatic rings. The van der Waals surface area contributed by atoms with Gasteiger partial charge in [0.15, 0.2) is 17.5 Å². The molecule has 4 heteroatoms. The van der Waals surface area contributed by atoms with Crippen molar-refractivity contribution < 1.29 is 0 Å². The SMILES string of the molecule is c1ccc(-c2nc(-c3ccccc3)nc(-c3cc4ccccc4c(-c4cc5ccccc5c5ccccc45)n3)n2)cc1. The van der Waals surface area contributed by atoms with Gasteiger partial charge in [0.25, 0.3) is 0 Å². The van der Waals surface area contributed by atoms with Crippen molar-refractivity contribution in [2.75, 3.05) is 0 Å². The van der Waals surface area contributed by atoms with Crippen LogP contribution >= 0.6 is 0 Å². The van der Waals surface area contributed by atoms with Crippen molar-refractivity contribution in [1.29, 1.82) is 0 Å². The number of nitrogens with zero attached hydrogens (tertiary/aromatic N) is 4. The van der Waals surface area contributed by atoms with Crippen molar-refractivity contribution in [2.24, 2.45) is 0 Å². The van der Waals surface area contributed by atoms with E-state index in [0.29, 0.717) is 23.2 Å². The molecule has 0 aliphatic carbocycles. The van der Waals surface area contributed by atoms with Gasteiger partial charge in [-0.15, -0.1) is 0 Å². The predicted molar refractivity (Wildman–Crippen MR) is 172 cm³/mol. The molecule has 0 amide bonds. The number of rotatable bonds is 4. The monoisotopic (exact) mass is 536 g/mol. The van der Waals surface area contributed by atoms with Crippen LogP contribution < -0.4 is 0 Å². The van der Waals surface area contributed by atoms with Crippen molar-refractivity contribution in [1.82, 2.24) is 19.9 Å². The Morgan fingerprint density at radius 2 is 0.810 bits per heavy atom. The summed E-state index contributed by atoms with van der Waals surface area (Å²) in [5, 5.41) is 6.95. The van der Waals surface area contributed by atoms with E-state index in [1.54, 1.807) is 0 Å². The molecule has 196 valence electrons. The molecule has 0 aliphatic heterocycles. The fraction of sp³-hybridized carbons (Fsp3) is 0. The standard InChI is InChI=1S/C38H24N4/c1-3-13-25(14-4-1)36-40-37(26-15-5-2-6-16-26)42-38(41-36)34-24-28-18-8-10-20-30(28)35(39-34)33-23-27-17-7-9-19-29(27)31-21-11-12-22-32(31)33/h1-24H. The minimum Gasteiger partial charge on any atom is -0.244 e. The summed E-state index contributed by atoms with van der Waals surface area (Å²) in [6.45, 7) is 0. The fourth-order valence-electron chi connectivity index (χ4n) is 5.69. The van der Waals surface area contributed by atoms with Crippen molar-refractivity contribution in [3.63, 3.8) is 0 Å². The lowest BCUT2D eigenvalue weighted by Gasteiger charge is -2.14. The molecule has 0 N–H and O–H groups in total. The van der Waals surface area contributed by atoms with E-state index in [4.69, 9.17) is 19.9 Å². The summed E-state index contributed by atoms with van der Waals surface area (Å²) < 4.78 is 0. The second-order valence-corrected chi connectivity index (χ2v) is 10.3. The maximum Gasteiger partial charge on any atom is 0.182 e. The zero-order valence-corrected chi connectivity index (χ0v) is 22.6. The van der Waals surface area contributed by atoms with Gasteiger partial charge in [-0.3, -0.25) is 0 Å². The zero-order chi connectivity index (χ0) is 27.9. The Morgan fingerprint density at radius 3 is 1.45 bits per heavy atom. The topological polar surface area (TPSA) is 51.6 Å². The van der Waals surface area contributed by atoms with Crippen LogP contribution in [0.5, 0.6) is 0 Å². The maximum absolute atomic E-state index is 5.32. The first-order chi connectivity index (χ1) is 20.8. The predicted octanol–water partition coefficient (Wildman–Crippen LogP) is 9.39. The Balaban J connectivity index is 1.42. The summed E-state index contributed by atoms with van der Waals surface area (Å²) in [4.78, 5) is 20.1. The molecule has 0 saturated carbocycles. The minimum absolute atomic E-state index is 0.541. The molecule has 8 rings (SSSR count). The van der Waals surface area contributed by atoms with Crippen LogP contribution in [0.3, 0.4) is 0 Å². The van der Waals surface area contributed by atoms with Crippen LogP contribution in [0.2, 0.25) is 0 Å². The lowest BCUT2D eigenvalue weighted by atomic mass is 9.93. The van der Waals surface area contributed by atoms with Crippen LogP contribution in [-0.4, -0.2) is 19.9 Å². The first kappa shape index (κ1) is 24.1. The molecule has 0 saturated heterocycles. The Hall–Kier alpha value is -5.74. The van der Waals surface area contributed by atoms with Gasteiger partial charge in [0, 0.05) is 22.1 Å². The van der Waals surface area contributed by atoms with Crippen molar-refractivity contribution in [3.05, 3.63) is 146 Å². The number of benzene rings is 6. The van der Waals surface area contributed by atoms with E-state index in [0.717, 1.165) is 38.5 Å². The highest BCUT2D eigenvalue weighted by Crippen LogP contribution is 2.38. The van der Waals surface area contributed by atoms with Gasteiger partial charge in [0.2, 0.25) is 0 Å². The molecule has 42 heavy (non-hydrogen) atoms. The average Bonchev–Trinajstić information content (AvgIpc) is 3.08. The van der Waals surface area contributed by atoms with Crippen LogP contribution in [0.1, 0.15) is 0 Å². The maximum atomic E-state index is 5.32. The van der Waals surface area contributed by atoms with E-state index in [2.05, 4.69) is 84.9 Å². The van der Waals surface area contributed by atoms with Gasteiger partial charge >= 0.3 is 0 Å². The first-order valence-corrected chi connectivity index (χ1v) is 14.0. The molecular formula is C38H24N4. The number of hydrogen-bond acceptors (Lipinski definition) is 4. The van der Waals surface area contributed by atoms with Gasteiger partial charge in [-0.25, -0.2) is 19.9 Å². The number of fused-ring (bicyclic) bond motifs is 4. The van der Waals surface area contributed by atoms with E-state index in [9.17, 15) is 0 Å². The smallest absolute Gasteiger partial charge is 0.182 e. The third-order valence-electron chi connectivity index (χ3n) is 7.69. The molecule has 2 aromatic heterocycles. The van der Waals surface area contributed by atoms with Crippen LogP contribution in [0.25, 0.3) is 77.9 Å². The summed E-state index contributed by atoms with van der Waals surface area (Å²) in [5.41, 5.74) is 4.56. The van der Waals surface area contributed by atoms with Crippen molar-refractivity contribution in [3.8, 4) is 45.6 Å². The average molecular weight is 537 g/mol. The third kappa shape index (κ3) is 4.18. The second kappa shape index (κ2) is 10.0. The molecule has 6 aromatic carbocycles. The van der Waals surface area contributed by atoms with E-state index >= 15 is 0 Å². The molecule has 0 unspecified atom stereocenters. The van der Waals surface area contributed by atoms with Gasteiger partial charge in [-0.1, -0.05) is 133 Å². The molecule has 0 fully saturated rings. The van der Waals surface area contributed by atoms with Gasteiger partial charge in [0.1, 0.15) is 5.69 Å². The van der Waals surface area contributed by atoms with Gasteiger partial charge < -0.3 is 0 Å². The van der Waals surface area contributed by atoms with Crippen LogP contribution in [0.4, 0.5) is 0 Å². The molecule has 0 spiro atoms. The molecule has 0 aliphatic rings. The van der Waals surface area contributed by atoms with Crippen LogP contribution in [-0.2, 0) is 0 Å². The fourth-order valence-corrected chi connectivity index (χ4v) is 5.69. The molecule has 2 heterocycles. The highest BCUT2D eigenvalue weighted by atomic mass is 15.0.